The molecule has 0 N–H and O–H groups in total. The molecular formula is C26H32N6O3. The lowest BCUT2D eigenvalue weighted by atomic mass is 10.1. The highest BCUT2D eigenvalue weighted by atomic mass is 16.5. The summed E-state index contributed by atoms with van der Waals surface area (Å²) < 4.78 is 18.7. The topological polar surface area (TPSA) is 88.7 Å². The first-order valence-electron chi connectivity index (χ1n) is 12.2. The first kappa shape index (κ1) is 23.2. The summed E-state index contributed by atoms with van der Waals surface area (Å²) in [7, 11) is 4.91. The second-order valence-corrected chi connectivity index (χ2v) is 9.05. The normalized spacial score (nSPS) is 16.1. The van der Waals surface area contributed by atoms with Gasteiger partial charge in [0.15, 0.2) is 17.3 Å². The molecule has 1 aromatic carbocycles. The molecule has 9 nitrogen and oxygen atoms in total. The molecule has 3 aromatic rings. The van der Waals surface area contributed by atoms with Crippen LogP contribution in [0.2, 0.25) is 0 Å². The Morgan fingerprint density at radius 1 is 0.943 bits per heavy atom. The minimum atomic E-state index is 0.621. The largest absolute Gasteiger partial charge is 0.493 e. The highest BCUT2D eigenvalue weighted by Crippen LogP contribution is 2.38. The lowest BCUT2D eigenvalue weighted by Crippen LogP contribution is -2.47. The van der Waals surface area contributed by atoms with Gasteiger partial charge in [-0.15, -0.1) is 0 Å². The summed E-state index contributed by atoms with van der Waals surface area (Å²) in [6.45, 7) is 5.57. The van der Waals surface area contributed by atoms with Gasteiger partial charge in [-0.1, -0.05) is 0 Å². The second-order valence-electron chi connectivity index (χ2n) is 9.05. The predicted molar refractivity (Wildman–Crippen MR) is 134 cm³/mol. The zero-order valence-corrected chi connectivity index (χ0v) is 20.7. The first-order chi connectivity index (χ1) is 17.2. The van der Waals surface area contributed by atoms with Crippen LogP contribution in [0.15, 0.2) is 18.5 Å². The van der Waals surface area contributed by atoms with Gasteiger partial charge in [-0.05, 0) is 43.4 Å². The van der Waals surface area contributed by atoms with Crippen LogP contribution >= 0.6 is 0 Å². The van der Waals surface area contributed by atoms with Crippen LogP contribution in [-0.2, 0) is 19.4 Å². The van der Waals surface area contributed by atoms with Gasteiger partial charge in [0, 0.05) is 45.0 Å². The fraction of sp³-hybridized carbons (Fsp3) is 0.500. The maximum absolute atomic E-state index is 9.80. The van der Waals surface area contributed by atoms with E-state index in [-0.39, 0.29) is 0 Å². The maximum Gasteiger partial charge on any atom is 0.203 e. The van der Waals surface area contributed by atoms with E-state index < -0.39 is 0 Å². The Morgan fingerprint density at radius 3 is 2.34 bits per heavy atom. The average molecular weight is 477 g/mol. The molecule has 1 saturated heterocycles. The number of aryl methyl sites for hydroxylation is 1. The molecule has 2 aliphatic rings. The molecule has 2 aromatic heterocycles. The van der Waals surface area contributed by atoms with E-state index in [1.165, 1.54) is 0 Å². The van der Waals surface area contributed by atoms with Crippen molar-refractivity contribution in [3.8, 4) is 23.3 Å². The number of anilines is 1. The quantitative estimate of drug-likeness (QED) is 0.514. The molecule has 184 valence electrons. The highest BCUT2D eigenvalue weighted by Gasteiger charge is 2.27. The number of nitriles is 1. The number of hydrogen-bond donors (Lipinski definition) is 0. The van der Waals surface area contributed by atoms with Crippen molar-refractivity contribution in [3.05, 3.63) is 35.3 Å². The molecular weight excluding hydrogens is 444 g/mol. The van der Waals surface area contributed by atoms with Crippen LogP contribution in [0.4, 0.5) is 5.82 Å². The minimum Gasteiger partial charge on any atom is -0.493 e. The van der Waals surface area contributed by atoms with Crippen molar-refractivity contribution in [2.75, 3.05) is 59.0 Å². The van der Waals surface area contributed by atoms with E-state index in [0.29, 0.717) is 17.2 Å². The van der Waals surface area contributed by atoms with Crippen LogP contribution in [0.5, 0.6) is 17.2 Å². The molecule has 2 aliphatic heterocycles. The Hall–Kier alpha value is -3.51. The number of piperazine rings is 1. The van der Waals surface area contributed by atoms with Crippen molar-refractivity contribution in [2.45, 2.75) is 32.2 Å². The number of fused-ring (bicyclic) bond motifs is 3. The summed E-state index contributed by atoms with van der Waals surface area (Å²) in [6, 6.07) is 6.46. The van der Waals surface area contributed by atoms with Crippen LogP contribution in [0, 0.1) is 11.3 Å². The maximum atomic E-state index is 9.80. The summed E-state index contributed by atoms with van der Waals surface area (Å²) in [5, 5.41) is 9.80. The van der Waals surface area contributed by atoms with Crippen molar-refractivity contribution >= 4 is 16.9 Å². The lowest BCUT2D eigenvalue weighted by molar-refractivity contribution is 0.260. The highest BCUT2D eigenvalue weighted by molar-refractivity contribution is 5.92. The smallest absolute Gasteiger partial charge is 0.203 e. The lowest BCUT2D eigenvalue weighted by Gasteiger charge is -2.35. The molecule has 0 saturated carbocycles. The van der Waals surface area contributed by atoms with Gasteiger partial charge in [0.1, 0.15) is 23.4 Å². The van der Waals surface area contributed by atoms with E-state index >= 15 is 0 Å². The number of ether oxygens (including phenoxy) is 3. The molecule has 9 heteroatoms. The van der Waals surface area contributed by atoms with Gasteiger partial charge in [0.2, 0.25) is 5.75 Å². The third-order valence-corrected chi connectivity index (χ3v) is 7.19. The molecule has 5 rings (SSSR count). The molecule has 0 atom stereocenters. The zero-order chi connectivity index (χ0) is 24.4. The summed E-state index contributed by atoms with van der Waals surface area (Å²) in [4.78, 5) is 14.0. The van der Waals surface area contributed by atoms with Crippen LogP contribution in [0.25, 0.3) is 11.0 Å². The zero-order valence-electron chi connectivity index (χ0n) is 20.7. The average Bonchev–Trinajstić information content (AvgIpc) is 3.25. The van der Waals surface area contributed by atoms with Crippen LogP contribution in [0.3, 0.4) is 0 Å². The van der Waals surface area contributed by atoms with Gasteiger partial charge < -0.3 is 23.7 Å². The Balaban J connectivity index is 1.29. The van der Waals surface area contributed by atoms with Crippen molar-refractivity contribution in [1.29, 1.82) is 5.26 Å². The van der Waals surface area contributed by atoms with E-state index in [1.54, 1.807) is 27.7 Å². The van der Waals surface area contributed by atoms with Crippen LogP contribution in [0.1, 0.15) is 29.7 Å². The molecule has 35 heavy (non-hydrogen) atoms. The Morgan fingerprint density at radius 2 is 1.69 bits per heavy atom. The summed E-state index contributed by atoms with van der Waals surface area (Å²) >= 11 is 0. The van der Waals surface area contributed by atoms with E-state index in [4.69, 9.17) is 14.2 Å². The number of aromatic nitrogens is 3. The van der Waals surface area contributed by atoms with E-state index in [0.717, 1.165) is 98.6 Å². The van der Waals surface area contributed by atoms with E-state index in [1.807, 2.05) is 12.1 Å². The van der Waals surface area contributed by atoms with Crippen molar-refractivity contribution in [1.82, 2.24) is 19.4 Å². The van der Waals surface area contributed by atoms with Gasteiger partial charge in [0.05, 0.1) is 26.9 Å². The molecule has 0 aliphatic carbocycles. The monoisotopic (exact) mass is 476 g/mol. The van der Waals surface area contributed by atoms with Gasteiger partial charge in [-0.2, -0.15) is 5.26 Å². The van der Waals surface area contributed by atoms with Gasteiger partial charge >= 0.3 is 0 Å². The first-order valence-corrected chi connectivity index (χ1v) is 12.2. The Bertz CT molecular complexity index is 1230. The predicted octanol–water partition coefficient (Wildman–Crippen LogP) is 3.03. The second kappa shape index (κ2) is 10.0. The SMILES string of the molecule is COc1cc(CCN2CCN(c3ncnc4c(C#N)c5n(c34)CCCC5)CC2)cc(OC)c1OC. The van der Waals surface area contributed by atoms with E-state index in [2.05, 4.69) is 30.4 Å². The van der Waals surface area contributed by atoms with Crippen LogP contribution < -0.4 is 19.1 Å². The van der Waals surface area contributed by atoms with E-state index in [9.17, 15) is 5.26 Å². The van der Waals surface area contributed by atoms with Gasteiger partial charge in [-0.3, -0.25) is 4.90 Å². The van der Waals surface area contributed by atoms with Crippen molar-refractivity contribution in [2.24, 2.45) is 0 Å². The van der Waals surface area contributed by atoms with Crippen molar-refractivity contribution in [3.63, 3.8) is 0 Å². The molecule has 4 heterocycles. The standard InChI is InChI=1S/C26H32N6O3/c1-33-21-14-18(15-22(34-2)25(21)35-3)7-9-30-10-12-31(13-11-30)26-24-23(28-17-29-26)19(16-27)20-6-4-5-8-32(20)24/h14-15,17H,4-13H2,1-3H3. The van der Waals surface area contributed by atoms with Crippen molar-refractivity contribution < 1.29 is 14.2 Å². The number of benzene rings is 1. The summed E-state index contributed by atoms with van der Waals surface area (Å²) in [6.07, 6.45) is 5.70. The van der Waals surface area contributed by atoms with Gasteiger partial charge in [0.25, 0.3) is 0 Å². The summed E-state index contributed by atoms with van der Waals surface area (Å²) in [5.41, 5.74) is 4.85. The number of nitrogens with zero attached hydrogens (tertiary/aromatic N) is 6. The minimum absolute atomic E-state index is 0.621. The fourth-order valence-corrected chi connectivity index (χ4v) is 5.38. The third kappa shape index (κ3) is 4.23. The molecule has 0 amide bonds. The summed E-state index contributed by atoms with van der Waals surface area (Å²) in [5.74, 6) is 2.96. The van der Waals surface area contributed by atoms with Gasteiger partial charge in [-0.25, -0.2) is 9.97 Å². The third-order valence-electron chi connectivity index (χ3n) is 7.19. The molecule has 1 fully saturated rings. The number of hydrogen-bond acceptors (Lipinski definition) is 8. The number of rotatable bonds is 7. The molecule has 0 radical (unpaired) electrons. The Kier molecular flexibility index (Phi) is 6.64. The molecule has 0 unspecified atom stereocenters. The fourth-order valence-electron chi connectivity index (χ4n) is 5.38. The number of methoxy groups -OCH3 is 3. The van der Waals surface area contributed by atoms with Crippen LogP contribution in [-0.4, -0.2) is 73.5 Å². The molecule has 0 bridgehead atoms. The Labute approximate surface area is 205 Å². The molecule has 0 spiro atoms.